The van der Waals surface area contributed by atoms with E-state index in [0.717, 1.165) is 15.6 Å². The van der Waals surface area contributed by atoms with E-state index in [1.807, 2.05) is 30.3 Å². The zero-order valence-corrected chi connectivity index (χ0v) is 13.1. The SMILES string of the molecule is Cc1cccc(SCc2c(C(=O)O)sc3ccccc23)c1. The molecule has 0 atom stereocenters. The van der Waals surface area contributed by atoms with E-state index in [1.54, 1.807) is 11.8 Å². The van der Waals surface area contributed by atoms with Crippen molar-refractivity contribution in [1.82, 2.24) is 0 Å². The average Bonchev–Trinajstić information content (AvgIpc) is 2.84. The Labute approximate surface area is 131 Å². The summed E-state index contributed by atoms with van der Waals surface area (Å²) in [6, 6.07) is 16.2. The first-order chi connectivity index (χ1) is 10.1. The molecule has 106 valence electrons. The molecule has 0 aliphatic rings. The van der Waals surface area contributed by atoms with Crippen molar-refractivity contribution < 1.29 is 9.90 Å². The number of rotatable bonds is 4. The minimum atomic E-state index is -0.837. The van der Waals surface area contributed by atoms with Gasteiger partial charge in [0.05, 0.1) is 0 Å². The molecule has 0 saturated heterocycles. The molecule has 0 unspecified atom stereocenters. The molecule has 0 aliphatic carbocycles. The molecule has 1 N–H and O–H groups in total. The smallest absolute Gasteiger partial charge is 0.346 e. The minimum Gasteiger partial charge on any atom is -0.477 e. The first-order valence-electron chi connectivity index (χ1n) is 6.58. The number of fused-ring (bicyclic) bond motifs is 1. The number of benzene rings is 2. The van der Waals surface area contributed by atoms with Gasteiger partial charge in [0.25, 0.3) is 0 Å². The lowest BCUT2D eigenvalue weighted by atomic mass is 10.1. The van der Waals surface area contributed by atoms with Gasteiger partial charge >= 0.3 is 5.97 Å². The second-order valence-corrected chi connectivity index (χ2v) is 6.92. The number of carboxylic acid groups (broad SMARTS) is 1. The highest BCUT2D eigenvalue weighted by Gasteiger charge is 2.17. The number of carbonyl (C=O) groups is 1. The first-order valence-corrected chi connectivity index (χ1v) is 8.38. The van der Waals surface area contributed by atoms with Crippen molar-refractivity contribution in [2.75, 3.05) is 0 Å². The van der Waals surface area contributed by atoms with E-state index in [2.05, 4.69) is 25.1 Å². The molecule has 0 saturated carbocycles. The maximum atomic E-state index is 11.5. The van der Waals surface area contributed by atoms with Crippen molar-refractivity contribution in [2.45, 2.75) is 17.6 Å². The normalized spacial score (nSPS) is 10.9. The lowest BCUT2D eigenvalue weighted by Gasteiger charge is -2.04. The number of aryl methyl sites for hydroxylation is 1. The van der Waals surface area contributed by atoms with Gasteiger partial charge in [-0.05, 0) is 36.1 Å². The number of aromatic carboxylic acids is 1. The van der Waals surface area contributed by atoms with Crippen molar-refractivity contribution in [3.63, 3.8) is 0 Å². The van der Waals surface area contributed by atoms with Gasteiger partial charge in [-0.1, -0.05) is 35.9 Å². The average molecular weight is 314 g/mol. The third kappa shape index (κ3) is 2.96. The highest BCUT2D eigenvalue weighted by Crippen LogP contribution is 2.35. The van der Waals surface area contributed by atoms with Gasteiger partial charge in [0.1, 0.15) is 4.88 Å². The standard InChI is InChI=1S/C17H14O2S2/c1-11-5-4-6-12(9-11)20-10-14-13-7-2-3-8-15(13)21-16(14)17(18)19/h2-9H,10H2,1H3,(H,18,19). The van der Waals surface area contributed by atoms with Crippen LogP contribution in [0.1, 0.15) is 20.8 Å². The maximum Gasteiger partial charge on any atom is 0.346 e. The number of hydrogen-bond donors (Lipinski definition) is 1. The molecule has 3 aromatic rings. The lowest BCUT2D eigenvalue weighted by molar-refractivity contribution is 0.0701. The van der Waals surface area contributed by atoms with Crippen molar-refractivity contribution in [3.05, 3.63) is 64.5 Å². The molecule has 1 aromatic heterocycles. The van der Waals surface area contributed by atoms with E-state index < -0.39 is 5.97 Å². The van der Waals surface area contributed by atoms with Crippen molar-refractivity contribution in [3.8, 4) is 0 Å². The van der Waals surface area contributed by atoms with Crippen LogP contribution in [0.5, 0.6) is 0 Å². The van der Waals surface area contributed by atoms with E-state index in [0.29, 0.717) is 10.6 Å². The molecule has 0 spiro atoms. The van der Waals surface area contributed by atoms with Crippen LogP contribution < -0.4 is 0 Å². The Kier molecular flexibility index (Phi) is 3.99. The summed E-state index contributed by atoms with van der Waals surface area (Å²) in [6.45, 7) is 2.06. The predicted molar refractivity (Wildman–Crippen MR) is 89.5 cm³/mol. The van der Waals surface area contributed by atoms with Gasteiger partial charge in [-0.25, -0.2) is 4.79 Å². The number of thiophene rings is 1. The van der Waals surface area contributed by atoms with E-state index >= 15 is 0 Å². The highest BCUT2D eigenvalue weighted by atomic mass is 32.2. The maximum absolute atomic E-state index is 11.5. The Hall–Kier alpha value is -1.78. The lowest BCUT2D eigenvalue weighted by Crippen LogP contribution is -1.96. The van der Waals surface area contributed by atoms with Crippen molar-refractivity contribution in [2.24, 2.45) is 0 Å². The second kappa shape index (κ2) is 5.92. The fourth-order valence-corrected chi connectivity index (χ4v) is 4.48. The van der Waals surface area contributed by atoms with Crippen LogP contribution in [0.3, 0.4) is 0 Å². The summed E-state index contributed by atoms with van der Waals surface area (Å²) < 4.78 is 1.04. The van der Waals surface area contributed by atoms with Crippen molar-refractivity contribution in [1.29, 1.82) is 0 Å². The minimum absolute atomic E-state index is 0.455. The summed E-state index contributed by atoms with van der Waals surface area (Å²) in [5.74, 6) is -0.161. The molecule has 0 amide bonds. The van der Waals surface area contributed by atoms with Crippen LogP contribution in [0.25, 0.3) is 10.1 Å². The van der Waals surface area contributed by atoms with Crippen LogP contribution in [0.15, 0.2) is 53.4 Å². The van der Waals surface area contributed by atoms with Crippen LogP contribution in [-0.2, 0) is 5.75 Å². The fraction of sp³-hybridized carbons (Fsp3) is 0.118. The van der Waals surface area contributed by atoms with E-state index in [4.69, 9.17) is 0 Å². The monoisotopic (exact) mass is 314 g/mol. The van der Waals surface area contributed by atoms with Gasteiger partial charge in [-0.2, -0.15) is 0 Å². The molecule has 21 heavy (non-hydrogen) atoms. The van der Waals surface area contributed by atoms with Crippen LogP contribution >= 0.6 is 23.1 Å². The molecule has 0 aliphatic heterocycles. The quantitative estimate of drug-likeness (QED) is 0.672. The van der Waals surface area contributed by atoms with Gasteiger partial charge < -0.3 is 5.11 Å². The number of carboxylic acids is 1. The molecule has 3 rings (SSSR count). The third-order valence-corrected chi connectivity index (χ3v) is 5.49. The Morgan fingerprint density at radius 2 is 2.00 bits per heavy atom. The van der Waals surface area contributed by atoms with Gasteiger partial charge in [0.2, 0.25) is 0 Å². The molecule has 4 heteroatoms. The molecule has 0 fully saturated rings. The van der Waals surface area contributed by atoms with E-state index in [1.165, 1.54) is 21.8 Å². The Morgan fingerprint density at radius 3 is 2.76 bits per heavy atom. The van der Waals surface area contributed by atoms with Gasteiger partial charge in [-0.3, -0.25) is 0 Å². The topological polar surface area (TPSA) is 37.3 Å². The summed E-state index contributed by atoms with van der Waals surface area (Å²) >= 11 is 3.04. The molecule has 1 heterocycles. The van der Waals surface area contributed by atoms with E-state index in [9.17, 15) is 9.90 Å². The molecule has 0 bridgehead atoms. The Morgan fingerprint density at radius 1 is 1.19 bits per heavy atom. The highest BCUT2D eigenvalue weighted by molar-refractivity contribution is 7.98. The predicted octanol–water partition coefficient (Wildman–Crippen LogP) is 5.20. The number of thioether (sulfide) groups is 1. The zero-order valence-electron chi connectivity index (χ0n) is 11.5. The third-order valence-electron chi connectivity index (χ3n) is 3.27. The van der Waals surface area contributed by atoms with Crippen LogP contribution in [0, 0.1) is 6.92 Å². The Balaban J connectivity index is 1.95. The fourth-order valence-electron chi connectivity index (χ4n) is 2.28. The zero-order chi connectivity index (χ0) is 14.8. The van der Waals surface area contributed by atoms with Gasteiger partial charge in [0.15, 0.2) is 0 Å². The molecular formula is C17H14O2S2. The summed E-state index contributed by atoms with van der Waals surface area (Å²) in [5.41, 5.74) is 2.14. The van der Waals surface area contributed by atoms with E-state index in [-0.39, 0.29) is 0 Å². The summed E-state index contributed by atoms with van der Waals surface area (Å²) in [7, 11) is 0. The van der Waals surface area contributed by atoms with Crippen LogP contribution in [0.4, 0.5) is 0 Å². The van der Waals surface area contributed by atoms with Crippen LogP contribution in [-0.4, -0.2) is 11.1 Å². The summed E-state index contributed by atoms with van der Waals surface area (Å²) in [5, 5.41) is 10.5. The van der Waals surface area contributed by atoms with Gasteiger partial charge in [-0.15, -0.1) is 23.1 Å². The van der Waals surface area contributed by atoms with Crippen molar-refractivity contribution >= 4 is 39.2 Å². The van der Waals surface area contributed by atoms with Crippen LogP contribution in [0.2, 0.25) is 0 Å². The summed E-state index contributed by atoms with van der Waals surface area (Å²) in [6.07, 6.45) is 0. The summed E-state index contributed by atoms with van der Waals surface area (Å²) in [4.78, 5) is 13.1. The largest absolute Gasteiger partial charge is 0.477 e. The molecular weight excluding hydrogens is 300 g/mol. The molecule has 0 radical (unpaired) electrons. The second-order valence-electron chi connectivity index (χ2n) is 4.82. The number of hydrogen-bond acceptors (Lipinski definition) is 3. The first kappa shape index (κ1) is 14.2. The molecule has 2 nitrogen and oxygen atoms in total. The molecule has 2 aromatic carbocycles. The van der Waals surface area contributed by atoms with Gasteiger partial charge in [0, 0.05) is 15.3 Å². The Bertz CT molecular complexity index is 805.